The number of benzene rings is 1. The van der Waals surface area contributed by atoms with Crippen LogP contribution in [0.5, 0.6) is 0 Å². The predicted molar refractivity (Wildman–Crippen MR) is 97.4 cm³/mol. The van der Waals surface area contributed by atoms with Gasteiger partial charge in [0.2, 0.25) is 5.78 Å². The van der Waals surface area contributed by atoms with Gasteiger partial charge in [0.15, 0.2) is 5.43 Å². The number of hydrogen-bond donors (Lipinski definition) is 2. The molecule has 2 N–H and O–H groups in total. The third-order valence-corrected chi connectivity index (χ3v) is 4.41. The molecule has 0 saturated heterocycles. The molecule has 6 nitrogen and oxygen atoms in total. The van der Waals surface area contributed by atoms with Crippen molar-refractivity contribution in [3.05, 3.63) is 76.4 Å². The monoisotopic (exact) mass is 351 g/mol. The number of hydrogen-bond acceptors (Lipinski definition) is 4. The molecule has 0 fully saturated rings. The Balaban J connectivity index is 1.57. The summed E-state index contributed by atoms with van der Waals surface area (Å²) in [6.07, 6.45) is 6.41. The molecule has 0 unspecified atom stereocenters. The Hall–Kier alpha value is -3.06. The van der Waals surface area contributed by atoms with Crippen LogP contribution in [0.4, 0.5) is 4.39 Å². The number of rotatable bonds is 5. The number of H-pyrrole nitrogens is 1. The number of imidazole rings is 1. The molecule has 1 atom stereocenters. The number of nitrogens with zero attached hydrogens (tertiary/aromatic N) is 3. The smallest absolute Gasteiger partial charge is 0.233 e. The van der Waals surface area contributed by atoms with Gasteiger partial charge in [0.1, 0.15) is 5.82 Å². The second-order valence-corrected chi connectivity index (χ2v) is 6.18. The van der Waals surface area contributed by atoms with Crippen LogP contribution in [0.2, 0.25) is 0 Å². The molecule has 0 bridgehead atoms. The number of nitrogens with one attached hydrogen (secondary N) is 2. The zero-order chi connectivity index (χ0) is 18.1. The highest BCUT2D eigenvalue weighted by molar-refractivity contribution is 5.78. The van der Waals surface area contributed by atoms with E-state index in [9.17, 15) is 9.18 Å². The summed E-state index contributed by atoms with van der Waals surface area (Å²) in [6, 6.07) is 7.57. The first-order valence-corrected chi connectivity index (χ1v) is 8.48. The van der Waals surface area contributed by atoms with E-state index in [1.807, 2.05) is 22.9 Å². The molecule has 0 saturated carbocycles. The van der Waals surface area contributed by atoms with Gasteiger partial charge in [-0.05, 0) is 30.7 Å². The average Bonchev–Trinajstić information content (AvgIpc) is 3.07. The van der Waals surface area contributed by atoms with Gasteiger partial charge in [0.25, 0.3) is 0 Å². The number of halogens is 1. The van der Waals surface area contributed by atoms with Crippen LogP contribution in [-0.4, -0.2) is 19.4 Å². The molecular weight excluding hydrogens is 333 g/mol. The average molecular weight is 351 g/mol. The number of aromatic nitrogens is 4. The fourth-order valence-electron chi connectivity index (χ4n) is 3.08. The number of fused-ring (bicyclic) bond motifs is 2. The second kappa shape index (κ2) is 6.68. The topological polar surface area (TPSA) is 75.1 Å². The lowest BCUT2D eigenvalue weighted by molar-refractivity contribution is 0.505. The summed E-state index contributed by atoms with van der Waals surface area (Å²) in [5.74, 6) is 0.240. The van der Waals surface area contributed by atoms with Crippen LogP contribution >= 0.6 is 0 Å². The Morgan fingerprint density at radius 2 is 2.23 bits per heavy atom. The summed E-state index contributed by atoms with van der Waals surface area (Å²) in [7, 11) is 0. The van der Waals surface area contributed by atoms with Crippen LogP contribution in [0.25, 0.3) is 16.7 Å². The van der Waals surface area contributed by atoms with E-state index in [1.54, 1.807) is 12.3 Å². The molecule has 7 heteroatoms. The van der Waals surface area contributed by atoms with Gasteiger partial charge in [-0.2, -0.15) is 0 Å². The first-order valence-electron chi connectivity index (χ1n) is 8.48. The van der Waals surface area contributed by atoms with Gasteiger partial charge in [0, 0.05) is 47.8 Å². The maximum absolute atomic E-state index is 13.3. The van der Waals surface area contributed by atoms with E-state index < -0.39 is 5.82 Å². The Morgan fingerprint density at radius 3 is 3.04 bits per heavy atom. The number of pyridine rings is 1. The first kappa shape index (κ1) is 16.4. The van der Waals surface area contributed by atoms with Gasteiger partial charge in [-0.1, -0.05) is 6.92 Å². The molecule has 1 aromatic carbocycles. The summed E-state index contributed by atoms with van der Waals surface area (Å²) < 4.78 is 15.2. The van der Waals surface area contributed by atoms with E-state index in [-0.39, 0.29) is 11.5 Å². The van der Waals surface area contributed by atoms with Crippen molar-refractivity contribution in [2.75, 3.05) is 0 Å². The molecule has 3 aromatic heterocycles. The molecule has 0 aliphatic heterocycles. The highest BCUT2D eigenvalue weighted by Crippen LogP contribution is 2.17. The molecule has 0 spiro atoms. The maximum Gasteiger partial charge on any atom is 0.233 e. The molecule has 4 aromatic rings. The van der Waals surface area contributed by atoms with Gasteiger partial charge in [-0.3, -0.25) is 9.20 Å². The third kappa shape index (κ3) is 3.09. The molecule has 132 valence electrons. The zero-order valence-corrected chi connectivity index (χ0v) is 14.2. The Labute approximate surface area is 148 Å². The summed E-state index contributed by atoms with van der Waals surface area (Å²) >= 11 is 0. The Morgan fingerprint density at radius 1 is 1.35 bits per heavy atom. The highest BCUT2D eigenvalue weighted by Gasteiger charge is 2.14. The summed E-state index contributed by atoms with van der Waals surface area (Å²) in [5, 5.41) is 3.77. The van der Waals surface area contributed by atoms with Crippen molar-refractivity contribution in [3.63, 3.8) is 0 Å². The quantitative estimate of drug-likeness (QED) is 0.580. The van der Waals surface area contributed by atoms with Gasteiger partial charge in [-0.25, -0.2) is 14.4 Å². The number of aromatic amines is 1. The largest absolute Gasteiger partial charge is 0.357 e. The summed E-state index contributed by atoms with van der Waals surface area (Å²) in [6.45, 7) is 2.55. The lowest BCUT2D eigenvalue weighted by Crippen LogP contribution is -2.22. The van der Waals surface area contributed by atoms with E-state index in [0.29, 0.717) is 23.2 Å². The molecule has 0 aliphatic carbocycles. The van der Waals surface area contributed by atoms with Gasteiger partial charge in [-0.15, -0.1) is 0 Å². The van der Waals surface area contributed by atoms with E-state index in [0.717, 1.165) is 17.8 Å². The molecule has 4 rings (SSSR count). The molecule has 26 heavy (non-hydrogen) atoms. The van der Waals surface area contributed by atoms with Crippen molar-refractivity contribution in [2.24, 2.45) is 0 Å². The van der Waals surface area contributed by atoms with Crippen molar-refractivity contribution in [2.45, 2.75) is 25.9 Å². The highest BCUT2D eigenvalue weighted by atomic mass is 19.1. The van der Waals surface area contributed by atoms with Gasteiger partial charge >= 0.3 is 0 Å². The molecule has 0 aliphatic rings. The Kier molecular flexibility index (Phi) is 4.22. The Bertz CT molecular complexity index is 1100. The minimum Gasteiger partial charge on any atom is -0.357 e. The molecule has 3 heterocycles. The normalized spacial score (nSPS) is 12.7. The minimum absolute atomic E-state index is 0.0316. The fraction of sp³-hybridized carbons (Fsp3) is 0.211. The van der Waals surface area contributed by atoms with E-state index >= 15 is 0 Å². The van der Waals surface area contributed by atoms with Crippen LogP contribution < -0.4 is 10.7 Å². The van der Waals surface area contributed by atoms with Crippen molar-refractivity contribution in [1.29, 1.82) is 0 Å². The van der Waals surface area contributed by atoms with Crippen LogP contribution in [-0.2, 0) is 6.54 Å². The lowest BCUT2D eigenvalue weighted by atomic mass is 10.1. The third-order valence-electron chi connectivity index (χ3n) is 4.41. The molecule has 0 radical (unpaired) electrons. The zero-order valence-electron chi connectivity index (χ0n) is 14.2. The molecular formula is C19H18FN5O. The van der Waals surface area contributed by atoms with Crippen LogP contribution in [0, 0.1) is 5.82 Å². The van der Waals surface area contributed by atoms with Crippen LogP contribution in [0.3, 0.4) is 0 Å². The molecule has 0 amide bonds. The van der Waals surface area contributed by atoms with Gasteiger partial charge < -0.3 is 10.3 Å². The standard InChI is InChI=1S/C19H18FN5O/c1-2-15(17-11-25-7-3-6-21-19(25)24-17)22-10-13-9-18(26)14-8-12(20)4-5-16(14)23-13/h3-9,11,15,22H,2,10H2,1H3,(H,23,26)/t15-/m1/s1. The van der Waals surface area contributed by atoms with E-state index in [4.69, 9.17) is 0 Å². The maximum atomic E-state index is 13.3. The van der Waals surface area contributed by atoms with E-state index in [1.165, 1.54) is 18.2 Å². The summed E-state index contributed by atoms with van der Waals surface area (Å²) in [5.41, 5.74) is 2.08. The van der Waals surface area contributed by atoms with Crippen molar-refractivity contribution in [1.82, 2.24) is 24.7 Å². The van der Waals surface area contributed by atoms with Crippen molar-refractivity contribution >= 4 is 16.7 Å². The van der Waals surface area contributed by atoms with Crippen LogP contribution in [0.15, 0.2) is 53.7 Å². The van der Waals surface area contributed by atoms with Gasteiger partial charge in [0.05, 0.1) is 11.7 Å². The summed E-state index contributed by atoms with van der Waals surface area (Å²) in [4.78, 5) is 24.2. The SMILES string of the molecule is CC[C@@H](NCc1cc(=O)c2cc(F)ccc2[nH]1)c1cn2cccnc2n1. The lowest BCUT2D eigenvalue weighted by Gasteiger charge is -2.15. The predicted octanol–water partition coefficient (Wildman–Crippen LogP) is 2.95. The fourth-order valence-corrected chi connectivity index (χ4v) is 3.08. The second-order valence-electron chi connectivity index (χ2n) is 6.18. The van der Waals surface area contributed by atoms with Crippen molar-refractivity contribution < 1.29 is 4.39 Å². The minimum atomic E-state index is -0.416. The van der Waals surface area contributed by atoms with Crippen LogP contribution in [0.1, 0.15) is 30.8 Å². The van der Waals surface area contributed by atoms with Crippen molar-refractivity contribution in [3.8, 4) is 0 Å². The first-order chi connectivity index (χ1) is 12.6. The van der Waals surface area contributed by atoms with E-state index in [2.05, 4.69) is 27.2 Å².